The molecule has 3 heteroatoms. The van der Waals surface area contributed by atoms with Crippen molar-refractivity contribution in [3.63, 3.8) is 0 Å². The largest absolute Gasteiger partial charge is 0.330 e. The lowest BCUT2D eigenvalue weighted by atomic mass is 9.64. The van der Waals surface area contributed by atoms with Crippen LogP contribution in [0.3, 0.4) is 0 Å². The molecular weight excluding hydrogens is 225 g/mol. The van der Waals surface area contributed by atoms with Gasteiger partial charge in [-0.1, -0.05) is 30.2 Å². The van der Waals surface area contributed by atoms with Crippen LogP contribution in [0.25, 0.3) is 0 Å². The van der Waals surface area contributed by atoms with Crippen LogP contribution in [0.1, 0.15) is 43.5 Å². The second kappa shape index (κ2) is 4.34. The highest BCUT2D eigenvalue weighted by Crippen LogP contribution is 2.45. The molecule has 1 fully saturated rings. The fourth-order valence-electron chi connectivity index (χ4n) is 2.40. The minimum absolute atomic E-state index is 0.0508. The van der Waals surface area contributed by atoms with E-state index in [4.69, 9.17) is 17.3 Å². The van der Waals surface area contributed by atoms with Gasteiger partial charge in [0.1, 0.15) is 6.17 Å². The summed E-state index contributed by atoms with van der Waals surface area (Å²) in [7, 11) is 0. The first kappa shape index (κ1) is 11.9. The maximum atomic E-state index is 13.1. The standard InChI is InChI=1S/C13H17ClFN/c1-9(15)10-3-4-11(12(14)7-10)13(8-16)5-2-6-13/h3-4,7,9H,2,5-6,8,16H2,1H3. The summed E-state index contributed by atoms with van der Waals surface area (Å²) in [6, 6.07) is 5.50. The molecule has 1 aromatic carbocycles. The first-order chi connectivity index (χ1) is 7.59. The van der Waals surface area contributed by atoms with E-state index < -0.39 is 6.17 Å². The van der Waals surface area contributed by atoms with E-state index in [0.29, 0.717) is 17.1 Å². The van der Waals surface area contributed by atoms with Crippen LogP contribution in [-0.4, -0.2) is 6.54 Å². The average molecular weight is 242 g/mol. The molecule has 2 N–H and O–H groups in total. The zero-order valence-corrected chi connectivity index (χ0v) is 10.2. The summed E-state index contributed by atoms with van der Waals surface area (Å²) >= 11 is 6.23. The van der Waals surface area contributed by atoms with Gasteiger partial charge in [-0.25, -0.2) is 4.39 Å². The van der Waals surface area contributed by atoms with Crippen LogP contribution in [0.15, 0.2) is 18.2 Å². The number of alkyl halides is 1. The van der Waals surface area contributed by atoms with Crippen LogP contribution in [0.4, 0.5) is 4.39 Å². The zero-order valence-electron chi connectivity index (χ0n) is 9.47. The Labute approximate surface area is 101 Å². The van der Waals surface area contributed by atoms with Crippen LogP contribution in [-0.2, 0) is 5.41 Å². The SMILES string of the molecule is CC(F)c1ccc(C2(CN)CCC2)c(Cl)c1. The average Bonchev–Trinajstić information content (AvgIpc) is 2.19. The van der Waals surface area contributed by atoms with Crippen molar-refractivity contribution in [1.82, 2.24) is 0 Å². The lowest BCUT2D eigenvalue weighted by molar-refractivity contribution is 0.253. The normalized spacial score (nSPS) is 20.2. The van der Waals surface area contributed by atoms with Crippen molar-refractivity contribution in [2.45, 2.75) is 37.8 Å². The molecule has 1 nitrogen and oxygen atoms in total. The lowest BCUT2D eigenvalue weighted by Gasteiger charge is -2.42. The summed E-state index contributed by atoms with van der Waals surface area (Å²) in [5.41, 5.74) is 7.61. The number of benzene rings is 1. The highest BCUT2D eigenvalue weighted by atomic mass is 35.5. The van der Waals surface area contributed by atoms with Crippen LogP contribution in [0.5, 0.6) is 0 Å². The monoisotopic (exact) mass is 241 g/mol. The molecule has 0 radical (unpaired) electrons. The van der Waals surface area contributed by atoms with Crippen molar-refractivity contribution in [2.24, 2.45) is 5.73 Å². The molecule has 1 aliphatic rings. The third-order valence-corrected chi connectivity index (χ3v) is 4.04. The topological polar surface area (TPSA) is 26.0 Å². The van der Waals surface area contributed by atoms with Gasteiger partial charge >= 0.3 is 0 Å². The van der Waals surface area contributed by atoms with Gasteiger partial charge in [-0.3, -0.25) is 0 Å². The Morgan fingerprint density at radius 1 is 1.50 bits per heavy atom. The highest BCUT2D eigenvalue weighted by Gasteiger charge is 2.38. The first-order valence-corrected chi connectivity index (χ1v) is 6.11. The van der Waals surface area contributed by atoms with Crippen molar-refractivity contribution >= 4 is 11.6 Å². The fraction of sp³-hybridized carbons (Fsp3) is 0.538. The number of nitrogens with two attached hydrogens (primary N) is 1. The second-order valence-electron chi connectivity index (χ2n) is 4.69. The summed E-state index contributed by atoms with van der Waals surface area (Å²) < 4.78 is 13.1. The second-order valence-corrected chi connectivity index (χ2v) is 5.10. The van der Waals surface area contributed by atoms with E-state index in [1.807, 2.05) is 12.1 Å². The molecule has 0 amide bonds. The van der Waals surface area contributed by atoms with E-state index >= 15 is 0 Å². The predicted octanol–water partition coefficient (Wildman–Crippen LogP) is 3.75. The van der Waals surface area contributed by atoms with Gasteiger partial charge in [-0.05, 0) is 37.0 Å². The lowest BCUT2D eigenvalue weighted by Crippen LogP contribution is -2.41. The van der Waals surface area contributed by atoms with E-state index in [2.05, 4.69) is 0 Å². The van der Waals surface area contributed by atoms with Crippen molar-refractivity contribution in [3.8, 4) is 0 Å². The van der Waals surface area contributed by atoms with Crippen molar-refractivity contribution in [3.05, 3.63) is 34.3 Å². The number of hydrogen-bond acceptors (Lipinski definition) is 1. The third-order valence-electron chi connectivity index (χ3n) is 3.73. The molecule has 0 aliphatic heterocycles. The zero-order chi connectivity index (χ0) is 11.8. The van der Waals surface area contributed by atoms with E-state index in [-0.39, 0.29) is 5.41 Å². The molecule has 0 aromatic heterocycles. The van der Waals surface area contributed by atoms with Gasteiger partial charge < -0.3 is 5.73 Å². The maximum absolute atomic E-state index is 13.1. The molecule has 1 aromatic rings. The van der Waals surface area contributed by atoms with E-state index in [1.165, 1.54) is 13.3 Å². The minimum atomic E-state index is -0.971. The fourth-order valence-corrected chi connectivity index (χ4v) is 2.79. The molecule has 2 rings (SSSR count). The predicted molar refractivity (Wildman–Crippen MR) is 65.6 cm³/mol. The molecule has 0 heterocycles. The Bertz CT molecular complexity index is 380. The van der Waals surface area contributed by atoms with Crippen molar-refractivity contribution in [1.29, 1.82) is 0 Å². The number of halogens is 2. The Hall–Kier alpha value is -0.600. The van der Waals surface area contributed by atoms with Gasteiger partial charge in [0.15, 0.2) is 0 Å². The molecule has 0 saturated heterocycles. The summed E-state index contributed by atoms with van der Waals surface area (Å²) in [5.74, 6) is 0. The molecule has 16 heavy (non-hydrogen) atoms. The highest BCUT2D eigenvalue weighted by molar-refractivity contribution is 6.31. The van der Waals surface area contributed by atoms with E-state index in [9.17, 15) is 4.39 Å². The molecule has 1 atom stereocenters. The summed E-state index contributed by atoms with van der Waals surface area (Å²) in [6.45, 7) is 2.14. The molecule has 1 saturated carbocycles. The van der Waals surface area contributed by atoms with Gasteiger partial charge in [0.05, 0.1) is 0 Å². The third kappa shape index (κ3) is 1.85. The molecule has 1 aliphatic carbocycles. The Morgan fingerprint density at radius 3 is 2.56 bits per heavy atom. The summed E-state index contributed by atoms with van der Waals surface area (Å²) in [5, 5.41) is 0.659. The molecular formula is C13H17ClFN. The number of rotatable bonds is 3. The molecule has 0 spiro atoms. The van der Waals surface area contributed by atoms with Crippen LogP contribution in [0, 0.1) is 0 Å². The van der Waals surface area contributed by atoms with Crippen LogP contribution >= 0.6 is 11.6 Å². The van der Waals surface area contributed by atoms with Crippen molar-refractivity contribution < 1.29 is 4.39 Å². The van der Waals surface area contributed by atoms with Crippen LogP contribution in [0.2, 0.25) is 5.02 Å². The van der Waals surface area contributed by atoms with Crippen molar-refractivity contribution in [2.75, 3.05) is 6.54 Å². The maximum Gasteiger partial charge on any atom is 0.122 e. The molecule has 88 valence electrons. The Kier molecular flexibility index (Phi) is 3.22. The first-order valence-electron chi connectivity index (χ1n) is 5.73. The van der Waals surface area contributed by atoms with Crippen LogP contribution < -0.4 is 5.73 Å². The molecule has 0 bridgehead atoms. The number of hydrogen-bond donors (Lipinski definition) is 1. The molecule has 1 unspecified atom stereocenters. The van der Waals surface area contributed by atoms with Gasteiger partial charge in [-0.2, -0.15) is 0 Å². The smallest absolute Gasteiger partial charge is 0.122 e. The van der Waals surface area contributed by atoms with E-state index in [1.54, 1.807) is 6.07 Å². The Balaban J connectivity index is 2.35. The van der Waals surface area contributed by atoms with Gasteiger partial charge in [0, 0.05) is 17.0 Å². The van der Waals surface area contributed by atoms with Gasteiger partial charge in [-0.15, -0.1) is 0 Å². The van der Waals surface area contributed by atoms with Gasteiger partial charge in [0.25, 0.3) is 0 Å². The van der Waals surface area contributed by atoms with Gasteiger partial charge in [0.2, 0.25) is 0 Å². The van der Waals surface area contributed by atoms with E-state index in [0.717, 1.165) is 18.4 Å². The minimum Gasteiger partial charge on any atom is -0.330 e. The summed E-state index contributed by atoms with van der Waals surface area (Å²) in [4.78, 5) is 0. The summed E-state index contributed by atoms with van der Waals surface area (Å²) in [6.07, 6.45) is 2.41. The quantitative estimate of drug-likeness (QED) is 0.857. The Morgan fingerprint density at radius 2 is 2.19 bits per heavy atom.